The van der Waals surface area contributed by atoms with E-state index in [1.54, 1.807) is 0 Å². The first kappa shape index (κ1) is 16.3. The molecule has 4 atom stereocenters. The quantitative estimate of drug-likeness (QED) is 0.570. The van der Waals surface area contributed by atoms with Crippen LogP contribution in [0.15, 0.2) is 0 Å². The van der Waals surface area contributed by atoms with Gasteiger partial charge in [-0.05, 0) is 55.8 Å². The van der Waals surface area contributed by atoms with Gasteiger partial charge in [0.2, 0.25) is 0 Å². The van der Waals surface area contributed by atoms with E-state index in [1.165, 1.54) is 64.2 Å². The van der Waals surface area contributed by atoms with Crippen molar-refractivity contribution in [3.05, 3.63) is 0 Å². The summed E-state index contributed by atoms with van der Waals surface area (Å²) in [7, 11) is 0. The lowest BCUT2D eigenvalue weighted by atomic mass is 9.65. The van der Waals surface area contributed by atoms with Crippen LogP contribution >= 0.6 is 0 Å². The van der Waals surface area contributed by atoms with Gasteiger partial charge in [0.05, 0.1) is 6.10 Å². The lowest BCUT2D eigenvalue weighted by Crippen LogP contribution is -2.36. The summed E-state index contributed by atoms with van der Waals surface area (Å²) in [5.41, 5.74) is 0. The molecule has 1 heteroatoms. The molecule has 2 rings (SSSR count). The fraction of sp³-hybridized carbons (Fsp3) is 1.00. The lowest BCUT2D eigenvalue weighted by Gasteiger charge is -2.43. The normalized spacial score (nSPS) is 34.2. The predicted molar refractivity (Wildman–Crippen MR) is 86.9 cm³/mol. The van der Waals surface area contributed by atoms with E-state index in [-0.39, 0.29) is 0 Å². The molecule has 0 spiro atoms. The minimum atomic E-state index is 0.577. The Labute approximate surface area is 126 Å². The second-order valence-corrected chi connectivity index (χ2v) is 7.54. The van der Waals surface area contributed by atoms with Crippen LogP contribution in [0.5, 0.6) is 0 Å². The highest BCUT2D eigenvalue weighted by atomic mass is 16.5. The minimum Gasteiger partial charge on any atom is -0.378 e. The minimum absolute atomic E-state index is 0.577. The third-order valence-corrected chi connectivity index (χ3v) is 5.93. The highest BCUT2D eigenvalue weighted by Gasteiger charge is 2.36. The standard InChI is InChI=1S/C19H36O/c1-4-7-16(8-5-2)14-20-18-12-11-17-10-6-9-15(3)19(17)13-18/h15-19H,4-14H2,1-3H3. The topological polar surface area (TPSA) is 9.23 Å². The molecule has 0 N–H and O–H groups in total. The van der Waals surface area contributed by atoms with Gasteiger partial charge in [-0.3, -0.25) is 0 Å². The van der Waals surface area contributed by atoms with Crippen LogP contribution in [0.25, 0.3) is 0 Å². The molecule has 2 aliphatic rings. The smallest absolute Gasteiger partial charge is 0.0578 e. The number of rotatable bonds is 7. The molecule has 0 aromatic heterocycles. The lowest BCUT2D eigenvalue weighted by molar-refractivity contribution is -0.0402. The highest BCUT2D eigenvalue weighted by Crippen LogP contribution is 2.44. The van der Waals surface area contributed by atoms with Crippen LogP contribution in [0.2, 0.25) is 0 Å². The third-order valence-electron chi connectivity index (χ3n) is 5.93. The fourth-order valence-electron chi connectivity index (χ4n) is 4.75. The van der Waals surface area contributed by atoms with Crippen molar-refractivity contribution < 1.29 is 4.74 Å². The van der Waals surface area contributed by atoms with Crippen molar-refractivity contribution in [2.75, 3.05) is 6.61 Å². The average Bonchev–Trinajstić information content (AvgIpc) is 2.46. The zero-order chi connectivity index (χ0) is 14.4. The Morgan fingerprint density at radius 2 is 1.75 bits per heavy atom. The van der Waals surface area contributed by atoms with Gasteiger partial charge >= 0.3 is 0 Å². The summed E-state index contributed by atoms with van der Waals surface area (Å²) in [5, 5.41) is 0. The molecule has 0 radical (unpaired) electrons. The molecule has 4 unspecified atom stereocenters. The van der Waals surface area contributed by atoms with Gasteiger partial charge in [0.25, 0.3) is 0 Å². The fourth-order valence-corrected chi connectivity index (χ4v) is 4.75. The van der Waals surface area contributed by atoms with Gasteiger partial charge in [-0.15, -0.1) is 0 Å². The van der Waals surface area contributed by atoms with Gasteiger partial charge in [0.1, 0.15) is 0 Å². The summed E-state index contributed by atoms with van der Waals surface area (Å²) >= 11 is 0. The molecule has 0 bridgehead atoms. The Balaban J connectivity index is 1.76. The van der Waals surface area contributed by atoms with E-state index in [9.17, 15) is 0 Å². The molecule has 2 fully saturated rings. The highest BCUT2D eigenvalue weighted by molar-refractivity contribution is 4.87. The van der Waals surface area contributed by atoms with Crippen molar-refractivity contribution in [1.29, 1.82) is 0 Å². The molecule has 20 heavy (non-hydrogen) atoms. The van der Waals surface area contributed by atoms with Crippen molar-refractivity contribution in [1.82, 2.24) is 0 Å². The Morgan fingerprint density at radius 3 is 2.45 bits per heavy atom. The van der Waals surface area contributed by atoms with Crippen LogP contribution in [0.4, 0.5) is 0 Å². The Bertz CT molecular complexity index is 256. The maximum absolute atomic E-state index is 6.35. The first-order valence-electron chi connectivity index (χ1n) is 9.36. The number of hydrogen-bond acceptors (Lipinski definition) is 1. The molecule has 0 aliphatic heterocycles. The van der Waals surface area contributed by atoms with Crippen molar-refractivity contribution >= 4 is 0 Å². The maximum atomic E-state index is 6.35. The molecule has 0 saturated heterocycles. The molecule has 1 nitrogen and oxygen atoms in total. The number of fused-ring (bicyclic) bond motifs is 1. The van der Waals surface area contributed by atoms with Crippen molar-refractivity contribution in [3.8, 4) is 0 Å². The monoisotopic (exact) mass is 280 g/mol. The largest absolute Gasteiger partial charge is 0.378 e. The Kier molecular flexibility index (Phi) is 6.87. The van der Waals surface area contributed by atoms with Crippen LogP contribution < -0.4 is 0 Å². The average molecular weight is 280 g/mol. The second-order valence-electron chi connectivity index (χ2n) is 7.54. The third kappa shape index (κ3) is 4.48. The van der Waals surface area contributed by atoms with E-state index in [4.69, 9.17) is 4.74 Å². The molecule has 0 aromatic rings. The van der Waals surface area contributed by atoms with Gasteiger partial charge < -0.3 is 4.74 Å². The van der Waals surface area contributed by atoms with Crippen molar-refractivity contribution in [2.45, 2.75) is 91.1 Å². The van der Waals surface area contributed by atoms with Gasteiger partial charge in [-0.1, -0.05) is 52.9 Å². The first-order valence-corrected chi connectivity index (χ1v) is 9.36. The van der Waals surface area contributed by atoms with Gasteiger partial charge in [-0.2, -0.15) is 0 Å². The predicted octanol–water partition coefficient (Wildman–Crippen LogP) is 5.82. The van der Waals surface area contributed by atoms with E-state index in [2.05, 4.69) is 20.8 Å². The second kappa shape index (κ2) is 8.41. The van der Waals surface area contributed by atoms with Gasteiger partial charge in [0, 0.05) is 6.61 Å². The summed E-state index contributed by atoms with van der Waals surface area (Å²) in [6.07, 6.45) is 14.4. The van der Waals surface area contributed by atoms with Gasteiger partial charge in [-0.25, -0.2) is 0 Å². The van der Waals surface area contributed by atoms with E-state index in [0.717, 1.165) is 30.3 Å². The van der Waals surface area contributed by atoms with Crippen LogP contribution in [-0.4, -0.2) is 12.7 Å². The van der Waals surface area contributed by atoms with Crippen molar-refractivity contribution in [3.63, 3.8) is 0 Å². The Morgan fingerprint density at radius 1 is 1.00 bits per heavy atom. The van der Waals surface area contributed by atoms with Gasteiger partial charge in [0.15, 0.2) is 0 Å². The zero-order valence-electron chi connectivity index (χ0n) is 14.1. The summed E-state index contributed by atoms with van der Waals surface area (Å²) in [4.78, 5) is 0. The molecular weight excluding hydrogens is 244 g/mol. The molecule has 118 valence electrons. The summed E-state index contributed by atoms with van der Waals surface area (Å²) < 4.78 is 6.35. The van der Waals surface area contributed by atoms with Crippen LogP contribution in [-0.2, 0) is 4.74 Å². The molecule has 0 aromatic carbocycles. The van der Waals surface area contributed by atoms with E-state index < -0.39 is 0 Å². The molecule has 2 aliphatic carbocycles. The number of hydrogen-bond donors (Lipinski definition) is 0. The van der Waals surface area contributed by atoms with Crippen LogP contribution in [0, 0.1) is 23.7 Å². The van der Waals surface area contributed by atoms with Crippen LogP contribution in [0.3, 0.4) is 0 Å². The summed E-state index contributed by atoms with van der Waals surface area (Å²) in [5.74, 6) is 3.76. The van der Waals surface area contributed by atoms with Crippen molar-refractivity contribution in [2.24, 2.45) is 23.7 Å². The zero-order valence-corrected chi connectivity index (χ0v) is 14.1. The van der Waals surface area contributed by atoms with Crippen LogP contribution in [0.1, 0.15) is 85.0 Å². The maximum Gasteiger partial charge on any atom is 0.0578 e. The number of ether oxygens (including phenoxy) is 1. The molecular formula is C19H36O. The summed E-state index contributed by atoms with van der Waals surface area (Å²) in [6, 6.07) is 0. The van der Waals surface area contributed by atoms with E-state index in [1.807, 2.05) is 0 Å². The Hall–Kier alpha value is -0.0400. The molecule has 2 saturated carbocycles. The first-order chi connectivity index (χ1) is 9.74. The summed E-state index contributed by atoms with van der Waals surface area (Å²) in [6.45, 7) is 8.11. The molecule has 0 amide bonds. The molecule has 0 heterocycles. The SMILES string of the molecule is CCCC(CCC)COC1CCC2CCCC(C)C2C1. The van der Waals surface area contributed by atoms with E-state index >= 15 is 0 Å². The van der Waals surface area contributed by atoms with E-state index in [0.29, 0.717) is 6.10 Å².